The van der Waals surface area contributed by atoms with Gasteiger partial charge < -0.3 is 19.8 Å². The van der Waals surface area contributed by atoms with Crippen molar-refractivity contribution in [3.63, 3.8) is 0 Å². The Morgan fingerprint density at radius 3 is 1.20 bits per heavy atom. The summed E-state index contributed by atoms with van der Waals surface area (Å²) in [7, 11) is 1.58. The molecule has 0 aromatic carbocycles. The average Bonchev–Trinajstić information content (AvgIpc) is 3.25. The highest BCUT2D eigenvalue weighted by atomic mass is 31.2. The summed E-state index contributed by atoms with van der Waals surface area (Å²) >= 11 is 0. The van der Waals surface area contributed by atoms with Crippen molar-refractivity contribution in [3.8, 4) is 0 Å². The lowest BCUT2D eigenvalue weighted by Gasteiger charge is -2.25. The van der Waals surface area contributed by atoms with E-state index in [1.165, 1.54) is 212 Å². The highest BCUT2D eigenvalue weighted by molar-refractivity contribution is 7.47. The summed E-state index contributed by atoms with van der Waals surface area (Å²) in [5.74, 6) is -0.175. The molecule has 380 valence electrons. The van der Waals surface area contributed by atoms with Crippen LogP contribution in [0.2, 0.25) is 0 Å². The van der Waals surface area contributed by atoms with Gasteiger partial charge in [-0.25, -0.2) is 4.57 Å². The summed E-state index contributed by atoms with van der Waals surface area (Å²) in [5.41, 5.74) is 0. The Hall–Kier alpha value is -1.02. The molecule has 0 aliphatic carbocycles. The van der Waals surface area contributed by atoms with Crippen LogP contribution in [-0.4, -0.2) is 73.4 Å². The van der Waals surface area contributed by atoms with Gasteiger partial charge in [-0.2, -0.15) is 0 Å². The maximum Gasteiger partial charge on any atom is 0.472 e. The van der Waals surface area contributed by atoms with Crippen molar-refractivity contribution in [3.05, 3.63) is 24.3 Å². The molecule has 0 aromatic heterocycles. The molecule has 3 N–H and O–H groups in total. The van der Waals surface area contributed by atoms with Crippen LogP contribution in [0.5, 0.6) is 0 Å². The molecule has 0 spiro atoms. The fourth-order valence-corrected chi connectivity index (χ4v) is 9.01. The molecule has 8 nitrogen and oxygen atoms in total. The minimum absolute atomic E-state index is 0.0633. The van der Waals surface area contributed by atoms with Gasteiger partial charge in [0.1, 0.15) is 13.2 Å². The van der Waals surface area contributed by atoms with Crippen LogP contribution in [0, 0.1) is 0 Å². The number of likely N-dealkylation sites (N-methyl/N-ethyl adjacent to an activating group) is 1. The third kappa shape index (κ3) is 48.9. The number of hydrogen-bond donors (Lipinski definition) is 3. The van der Waals surface area contributed by atoms with E-state index in [-0.39, 0.29) is 19.1 Å². The molecule has 0 rings (SSSR count). The van der Waals surface area contributed by atoms with Crippen LogP contribution in [0.4, 0.5) is 0 Å². The maximum atomic E-state index is 12.9. The number of allylic oxidation sites excluding steroid dienone is 3. The van der Waals surface area contributed by atoms with E-state index in [1.807, 2.05) is 27.2 Å². The van der Waals surface area contributed by atoms with E-state index in [0.717, 1.165) is 38.5 Å². The van der Waals surface area contributed by atoms with Gasteiger partial charge in [-0.15, -0.1) is 0 Å². The summed E-state index contributed by atoms with van der Waals surface area (Å²) in [6.45, 7) is 4.83. The molecule has 0 aliphatic rings. The number of aliphatic hydroxyl groups excluding tert-OH is 1. The first kappa shape index (κ1) is 63.0. The molecule has 64 heavy (non-hydrogen) atoms. The molecule has 0 radical (unpaired) electrons. The lowest BCUT2D eigenvalue weighted by molar-refractivity contribution is -0.870. The van der Waals surface area contributed by atoms with Gasteiger partial charge >= 0.3 is 7.82 Å². The Balaban J connectivity index is 3.99. The van der Waals surface area contributed by atoms with Gasteiger partial charge in [0.05, 0.1) is 39.9 Å². The van der Waals surface area contributed by atoms with Crippen LogP contribution in [0.25, 0.3) is 0 Å². The van der Waals surface area contributed by atoms with E-state index < -0.39 is 20.0 Å². The molecule has 0 aliphatic heterocycles. The number of quaternary nitrogens is 1. The highest BCUT2D eigenvalue weighted by Gasteiger charge is 2.27. The fourth-order valence-electron chi connectivity index (χ4n) is 8.27. The number of aliphatic hydroxyl groups is 1. The summed E-state index contributed by atoms with van der Waals surface area (Å²) < 4.78 is 23.6. The molecule has 0 aromatic rings. The Kier molecular flexibility index (Phi) is 46.3. The number of carbonyl (C=O) groups is 1. The van der Waals surface area contributed by atoms with Crippen LogP contribution in [-0.2, 0) is 18.4 Å². The molecule has 0 heterocycles. The van der Waals surface area contributed by atoms with Gasteiger partial charge in [0.25, 0.3) is 0 Å². The highest BCUT2D eigenvalue weighted by Crippen LogP contribution is 2.43. The number of nitrogens with one attached hydrogen (secondary N) is 1. The SMILES string of the molecule is CCCCCCCCCCC/C=C/C(O)C(COP(=O)(O)OCC[N+](C)(C)C)NC(=O)CCCCCCCCCCCCCCCCC/C=C\CCCCCCCCCCCCCC. The number of rotatable bonds is 51. The lowest BCUT2D eigenvalue weighted by atomic mass is 10.0. The third-order valence-electron chi connectivity index (χ3n) is 12.7. The number of hydrogen-bond acceptors (Lipinski definition) is 5. The van der Waals surface area contributed by atoms with Crippen molar-refractivity contribution >= 4 is 13.7 Å². The topological polar surface area (TPSA) is 105 Å². The molecule has 3 atom stereocenters. The first-order chi connectivity index (χ1) is 31.0. The van der Waals surface area contributed by atoms with Gasteiger partial charge in [-0.3, -0.25) is 13.8 Å². The van der Waals surface area contributed by atoms with Crippen LogP contribution in [0.3, 0.4) is 0 Å². The average molecular weight is 926 g/mol. The van der Waals surface area contributed by atoms with Crippen molar-refractivity contribution in [1.82, 2.24) is 5.32 Å². The van der Waals surface area contributed by atoms with Crippen molar-refractivity contribution in [2.75, 3.05) is 40.9 Å². The molecule has 1 amide bonds. The number of unbranched alkanes of at least 4 members (excludes halogenated alkanes) is 36. The Bertz CT molecular complexity index is 1090. The molecular formula is C55H110N2O6P+. The predicted molar refractivity (Wildman–Crippen MR) is 277 cm³/mol. The monoisotopic (exact) mass is 926 g/mol. The molecule has 9 heteroatoms. The fraction of sp³-hybridized carbons (Fsp3) is 0.909. The summed E-state index contributed by atoms with van der Waals surface area (Å²) in [6, 6.07) is -0.842. The zero-order valence-corrected chi connectivity index (χ0v) is 44.2. The zero-order chi connectivity index (χ0) is 47.1. The second-order valence-corrected chi connectivity index (χ2v) is 21.8. The van der Waals surface area contributed by atoms with E-state index in [4.69, 9.17) is 9.05 Å². The van der Waals surface area contributed by atoms with E-state index in [0.29, 0.717) is 17.4 Å². The Labute approximate surface area is 398 Å². The number of phosphoric ester groups is 1. The lowest BCUT2D eigenvalue weighted by Crippen LogP contribution is -2.45. The van der Waals surface area contributed by atoms with Crippen LogP contribution >= 0.6 is 7.82 Å². The molecule has 3 unspecified atom stereocenters. The van der Waals surface area contributed by atoms with Crippen LogP contribution < -0.4 is 5.32 Å². The molecule has 0 fully saturated rings. The Morgan fingerprint density at radius 1 is 0.516 bits per heavy atom. The normalized spacial score (nSPS) is 14.2. The van der Waals surface area contributed by atoms with Gasteiger partial charge in [0, 0.05) is 6.42 Å². The first-order valence-electron chi connectivity index (χ1n) is 27.7. The summed E-state index contributed by atoms with van der Waals surface area (Å²) in [6.07, 6.45) is 58.6. The van der Waals surface area contributed by atoms with E-state index in [1.54, 1.807) is 6.08 Å². The first-order valence-corrected chi connectivity index (χ1v) is 29.2. The van der Waals surface area contributed by atoms with Crippen LogP contribution in [0.15, 0.2) is 24.3 Å². The quantitative estimate of drug-likeness (QED) is 0.0243. The molecule has 0 bridgehead atoms. The van der Waals surface area contributed by atoms with Crippen molar-refractivity contribution in [2.24, 2.45) is 0 Å². The van der Waals surface area contributed by atoms with Gasteiger partial charge in [-0.05, 0) is 44.9 Å². The van der Waals surface area contributed by atoms with E-state index in [9.17, 15) is 19.4 Å². The second kappa shape index (κ2) is 47.1. The largest absolute Gasteiger partial charge is 0.472 e. The predicted octanol–water partition coefficient (Wildman–Crippen LogP) is 16.4. The molecule has 0 saturated carbocycles. The summed E-state index contributed by atoms with van der Waals surface area (Å²) in [4.78, 5) is 23.2. The van der Waals surface area contributed by atoms with E-state index in [2.05, 4.69) is 31.3 Å². The van der Waals surface area contributed by atoms with E-state index >= 15 is 0 Å². The van der Waals surface area contributed by atoms with Crippen molar-refractivity contribution in [1.29, 1.82) is 0 Å². The number of phosphoric acid groups is 1. The number of amides is 1. The number of nitrogens with zero attached hydrogens (tertiary/aromatic N) is 1. The second-order valence-electron chi connectivity index (χ2n) is 20.3. The maximum absolute atomic E-state index is 12.9. The standard InChI is InChI=1S/C55H109N2O6P/c1-6-8-10-12-14-16-18-19-20-21-22-23-24-25-26-27-28-29-30-31-32-33-34-35-36-37-39-41-43-45-47-49-55(59)56-53(52-63-64(60,61)62-51-50-57(3,4)5)54(58)48-46-44-42-40-38-17-15-13-11-9-7-2/h25-26,46,48,53-54,58H,6-24,27-45,47,49-52H2,1-5H3,(H-,56,59,60,61)/p+1/b26-25-,48-46+. The zero-order valence-electron chi connectivity index (χ0n) is 43.3. The van der Waals surface area contributed by atoms with Crippen molar-refractivity contribution < 1.29 is 32.9 Å². The van der Waals surface area contributed by atoms with Crippen molar-refractivity contribution in [2.45, 2.75) is 283 Å². The third-order valence-corrected chi connectivity index (χ3v) is 13.6. The number of carbonyl (C=O) groups excluding carboxylic acids is 1. The molecule has 0 saturated heterocycles. The molecular weight excluding hydrogens is 816 g/mol. The minimum atomic E-state index is -4.34. The van der Waals surface area contributed by atoms with Gasteiger partial charge in [0.15, 0.2) is 0 Å². The van der Waals surface area contributed by atoms with Crippen LogP contribution in [0.1, 0.15) is 271 Å². The van der Waals surface area contributed by atoms with Gasteiger partial charge in [0.2, 0.25) is 5.91 Å². The summed E-state index contributed by atoms with van der Waals surface area (Å²) in [5, 5.41) is 13.8. The minimum Gasteiger partial charge on any atom is -0.387 e. The van der Waals surface area contributed by atoms with Gasteiger partial charge in [-0.1, -0.05) is 244 Å². The smallest absolute Gasteiger partial charge is 0.387 e. The Morgan fingerprint density at radius 2 is 0.844 bits per heavy atom.